The summed E-state index contributed by atoms with van der Waals surface area (Å²) >= 11 is 0. The van der Waals surface area contributed by atoms with Gasteiger partial charge in [0.25, 0.3) is 5.91 Å². The van der Waals surface area contributed by atoms with Gasteiger partial charge in [-0.15, -0.1) is 0 Å². The number of anilines is 1. The first-order chi connectivity index (χ1) is 13.7. The Hall–Kier alpha value is -3.85. The molecule has 28 heavy (non-hydrogen) atoms. The molecule has 0 fully saturated rings. The predicted octanol–water partition coefficient (Wildman–Crippen LogP) is 3.02. The molecule has 6 nitrogen and oxygen atoms in total. The average molecular weight is 370 g/mol. The Balaban J connectivity index is 1.77. The van der Waals surface area contributed by atoms with Crippen molar-refractivity contribution in [3.8, 4) is 6.19 Å². The summed E-state index contributed by atoms with van der Waals surface area (Å²) in [6.45, 7) is 1.42. The van der Waals surface area contributed by atoms with Crippen LogP contribution in [0.5, 0.6) is 0 Å². The number of pyridine rings is 1. The van der Waals surface area contributed by atoms with Crippen molar-refractivity contribution in [2.75, 3.05) is 4.90 Å². The highest BCUT2D eigenvalue weighted by Crippen LogP contribution is 2.33. The number of aromatic nitrogens is 1. The summed E-state index contributed by atoms with van der Waals surface area (Å²) in [6.07, 6.45) is 3.62. The molecular formula is C22H18N4O2. The highest BCUT2D eigenvalue weighted by molar-refractivity contribution is 6.06. The lowest BCUT2D eigenvalue weighted by Crippen LogP contribution is -2.32. The van der Waals surface area contributed by atoms with Crippen molar-refractivity contribution in [2.24, 2.45) is 0 Å². The van der Waals surface area contributed by atoms with E-state index in [1.54, 1.807) is 9.80 Å². The SMILES string of the molecule is N#CN1Cc2cccc(N(Cc3ccccc3)C(=O)c3ccc(=O)[nH]c3)c2C1. The second-order valence-corrected chi connectivity index (χ2v) is 6.69. The van der Waals surface area contributed by atoms with Gasteiger partial charge >= 0.3 is 0 Å². The maximum Gasteiger partial charge on any atom is 0.260 e. The van der Waals surface area contributed by atoms with Crippen LogP contribution in [-0.4, -0.2) is 15.8 Å². The van der Waals surface area contributed by atoms with E-state index in [1.807, 2.05) is 48.5 Å². The quantitative estimate of drug-likeness (QED) is 0.716. The van der Waals surface area contributed by atoms with Crippen LogP contribution in [0.3, 0.4) is 0 Å². The molecule has 3 aromatic rings. The van der Waals surface area contributed by atoms with Crippen molar-refractivity contribution in [3.63, 3.8) is 0 Å². The van der Waals surface area contributed by atoms with Gasteiger partial charge in [-0.05, 0) is 23.3 Å². The maximum atomic E-state index is 13.3. The second kappa shape index (κ2) is 7.41. The van der Waals surface area contributed by atoms with Gasteiger partial charge in [-0.1, -0.05) is 42.5 Å². The van der Waals surface area contributed by atoms with Crippen LogP contribution in [0.2, 0.25) is 0 Å². The van der Waals surface area contributed by atoms with Gasteiger partial charge in [-0.25, -0.2) is 0 Å². The Kier molecular flexibility index (Phi) is 4.65. The lowest BCUT2D eigenvalue weighted by Gasteiger charge is -2.25. The number of hydrogen-bond acceptors (Lipinski definition) is 4. The molecule has 0 radical (unpaired) electrons. The summed E-state index contributed by atoms with van der Waals surface area (Å²) in [5.74, 6) is -0.205. The number of benzene rings is 2. The maximum absolute atomic E-state index is 13.3. The molecule has 2 aromatic carbocycles. The molecule has 1 aromatic heterocycles. The van der Waals surface area contributed by atoms with Crippen LogP contribution in [-0.2, 0) is 19.6 Å². The predicted molar refractivity (Wildman–Crippen MR) is 105 cm³/mol. The number of hydrogen-bond donors (Lipinski definition) is 1. The number of nitrogens with zero attached hydrogens (tertiary/aromatic N) is 3. The van der Waals surface area contributed by atoms with Crippen LogP contribution in [0.1, 0.15) is 27.0 Å². The van der Waals surface area contributed by atoms with Gasteiger partial charge < -0.3 is 14.8 Å². The van der Waals surface area contributed by atoms with E-state index in [4.69, 9.17) is 0 Å². The number of nitrogens with one attached hydrogen (secondary N) is 1. The molecule has 0 spiro atoms. The zero-order valence-corrected chi connectivity index (χ0v) is 15.1. The van der Waals surface area contributed by atoms with Gasteiger partial charge in [0.2, 0.25) is 5.56 Å². The molecule has 2 heterocycles. The lowest BCUT2D eigenvalue weighted by molar-refractivity contribution is 0.0984. The number of carbonyl (C=O) groups excluding carboxylic acids is 1. The van der Waals surface area contributed by atoms with Gasteiger partial charge in [-0.3, -0.25) is 9.59 Å². The molecule has 4 rings (SSSR count). The van der Waals surface area contributed by atoms with E-state index in [0.717, 1.165) is 22.4 Å². The Morgan fingerprint density at radius 3 is 2.61 bits per heavy atom. The van der Waals surface area contributed by atoms with Crippen LogP contribution >= 0.6 is 0 Å². The third kappa shape index (κ3) is 3.38. The number of fused-ring (bicyclic) bond motifs is 1. The minimum Gasteiger partial charge on any atom is -0.328 e. The van der Waals surface area contributed by atoms with Crippen LogP contribution in [0, 0.1) is 11.5 Å². The lowest BCUT2D eigenvalue weighted by atomic mass is 10.1. The van der Waals surface area contributed by atoms with Gasteiger partial charge in [0.15, 0.2) is 6.19 Å². The summed E-state index contributed by atoms with van der Waals surface area (Å²) in [5.41, 5.74) is 3.96. The van der Waals surface area contributed by atoms with Crippen molar-refractivity contribution in [3.05, 3.63) is 99.5 Å². The first-order valence-corrected chi connectivity index (χ1v) is 8.95. The molecule has 6 heteroatoms. The molecular weight excluding hydrogens is 352 g/mol. The zero-order valence-electron chi connectivity index (χ0n) is 15.1. The molecule has 138 valence electrons. The zero-order chi connectivity index (χ0) is 19.5. The van der Waals surface area contributed by atoms with Crippen molar-refractivity contribution in [1.82, 2.24) is 9.88 Å². The number of carbonyl (C=O) groups is 1. The fourth-order valence-electron chi connectivity index (χ4n) is 3.46. The normalized spacial score (nSPS) is 12.3. The Bertz CT molecular complexity index is 1090. The average Bonchev–Trinajstić information content (AvgIpc) is 3.16. The number of amides is 1. The molecule has 0 bridgehead atoms. The molecule has 1 amide bonds. The fourth-order valence-corrected chi connectivity index (χ4v) is 3.46. The van der Waals surface area contributed by atoms with E-state index in [0.29, 0.717) is 25.2 Å². The summed E-state index contributed by atoms with van der Waals surface area (Å²) in [6, 6.07) is 18.4. The minimum absolute atomic E-state index is 0.205. The van der Waals surface area contributed by atoms with Crippen molar-refractivity contribution in [2.45, 2.75) is 19.6 Å². The van der Waals surface area contributed by atoms with E-state index < -0.39 is 0 Å². The molecule has 1 aliphatic heterocycles. The minimum atomic E-state index is -0.253. The largest absolute Gasteiger partial charge is 0.328 e. The highest BCUT2D eigenvalue weighted by atomic mass is 16.2. The van der Waals surface area contributed by atoms with E-state index in [-0.39, 0.29) is 11.5 Å². The first-order valence-electron chi connectivity index (χ1n) is 8.95. The Labute approximate surface area is 162 Å². The van der Waals surface area contributed by atoms with Gasteiger partial charge in [0.1, 0.15) is 0 Å². The van der Waals surface area contributed by atoms with Gasteiger partial charge in [0, 0.05) is 23.5 Å². The molecule has 0 saturated heterocycles. The van der Waals surface area contributed by atoms with Gasteiger partial charge in [-0.2, -0.15) is 5.26 Å². The smallest absolute Gasteiger partial charge is 0.260 e. The summed E-state index contributed by atoms with van der Waals surface area (Å²) in [7, 11) is 0. The highest BCUT2D eigenvalue weighted by Gasteiger charge is 2.26. The van der Waals surface area contributed by atoms with Crippen molar-refractivity contribution in [1.29, 1.82) is 5.26 Å². The number of H-pyrrole nitrogens is 1. The molecule has 1 N–H and O–H groups in total. The second-order valence-electron chi connectivity index (χ2n) is 6.69. The molecule has 0 saturated carbocycles. The van der Waals surface area contributed by atoms with Crippen LogP contribution < -0.4 is 10.5 Å². The number of rotatable bonds is 4. The topological polar surface area (TPSA) is 80.2 Å². The Morgan fingerprint density at radius 2 is 1.89 bits per heavy atom. The fraction of sp³-hybridized carbons (Fsp3) is 0.136. The Morgan fingerprint density at radius 1 is 1.07 bits per heavy atom. The number of aromatic amines is 1. The van der Waals surface area contributed by atoms with Crippen LogP contribution in [0.15, 0.2) is 71.7 Å². The first kappa shape index (κ1) is 17.6. The van der Waals surface area contributed by atoms with Gasteiger partial charge in [0.05, 0.1) is 25.2 Å². The molecule has 1 aliphatic rings. The summed E-state index contributed by atoms with van der Waals surface area (Å²) in [5, 5.41) is 9.28. The third-order valence-electron chi connectivity index (χ3n) is 4.85. The van der Waals surface area contributed by atoms with E-state index >= 15 is 0 Å². The van der Waals surface area contributed by atoms with E-state index in [2.05, 4.69) is 11.2 Å². The summed E-state index contributed by atoms with van der Waals surface area (Å²) in [4.78, 5) is 30.7. The standard InChI is InChI=1S/C22H18N4O2/c23-15-25-13-18-7-4-8-20(19(18)14-25)26(12-16-5-2-1-3-6-16)22(28)17-9-10-21(27)24-11-17/h1-11H,12-14H2,(H,24,27). The van der Waals surface area contributed by atoms with E-state index in [9.17, 15) is 14.9 Å². The third-order valence-corrected chi connectivity index (χ3v) is 4.85. The van der Waals surface area contributed by atoms with Crippen LogP contribution in [0.4, 0.5) is 5.69 Å². The van der Waals surface area contributed by atoms with E-state index in [1.165, 1.54) is 18.3 Å². The number of nitriles is 1. The monoisotopic (exact) mass is 370 g/mol. The van der Waals surface area contributed by atoms with Crippen molar-refractivity contribution >= 4 is 11.6 Å². The summed E-state index contributed by atoms with van der Waals surface area (Å²) < 4.78 is 0. The molecule has 0 atom stereocenters. The van der Waals surface area contributed by atoms with Crippen molar-refractivity contribution < 1.29 is 4.79 Å². The molecule has 0 unspecified atom stereocenters. The molecule has 0 aliphatic carbocycles. The van der Waals surface area contributed by atoms with Crippen LogP contribution in [0.25, 0.3) is 0 Å².